The molecule has 0 aliphatic carbocycles. The van der Waals surface area contributed by atoms with Crippen LogP contribution in [-0.2, 0) is 9.53 Å². The van der Waals surface area contributed by atoms with Gasteiger partial charge in [0, 0.05) is 19.8 Å². The van der Waals surface area contributed by atoms with Gasteiger partial charge in [-0.15, -0.1) is 0 Å². The number of carbonyl (C=O) groups is 1. The summed E-state index contributed by atoms with van der Waals surface area (Å²) in [5.74, 6) is 0.855. The number of methoxy groups -OCH3 is 1. The molecule has 0 heterocycles. The van der Waals surface area contributed by atoms with Crippen LogP contribution >= 0.6 is 11.8 Å². The molecule has 1 amide bonds. The number of amides is 1. The smallest absolute Gasteiger partial charge is 0.237 e. The molecule has 2 atom stereocenters. The number of rotatable bonds is 8. The Morgan fingerprint density at radius 2 is 2.20 bits per heavy atom. The summed E-state index contributed by atoms with van der Waals surface area (Å²) in [6.07, 6.45) is 3.55. The molecule has 5 heteroatoms. The molecule has 0 aliphatic rings. The van der Waals surface area contributed by atoms with Gasteiger partial charge in [0.25, 0.3) is 0 Å². The number of thioether (sulfide) groups is 1. The Bertz CT molecular complexity index is 179. The van der Waals surface area contributed by atoms with Gasteiger partial charge < -0.3 is 15.8 Å². The first kappa shape index (κ1) is 14.7. The third kappa shape index (κ3) is 7.64. The van der Waals surface area contributed by atoms with Crippen LogP contribution in [0.2, 0.25) is 0 Å². The van der Waals surface area contributed by atoms with E-state index in [1.807, 2.05) is 13.2 Å². The van der Waals surface area contributed by atoms with Crippen molar-refractivity contribution in [1.29, 1.82) is 0 Å². The van der Waals surface area contributed by atoms with E-state index in [9.17, 15) is 4.79 Å². The van der Waals surface area contributed by atoms with E-state index in [1.54, 1.807) is 18.9 Å². The van der Waals surface area contributed by atoms with Crippen LogP contribution in [-0.4, -0.2) is 43.7 Å². The molecule has 0 fully saturated rings. The normalized spacial score (nSPS) is 14.7. The second kappa shape index (κ2) is 9.00. The van der Waals surface area contributed by atoms with E-state index in [2.05, 4.69) is 5.32 Å². The minimum absolute atomic E-state index is 0.0624. The summed E-state index contributed by atoms with van der Waals surface area (Å²) < 4.78 is 4.93. The first-order chi connectivity index (χ1) is 7.11. The molecule has 0 saturated heterocycles. The Morgan fingerprint density at radius 1 is 1.53 bits per heavy atom. The van der Waals surface area contributed by atoms with E-state index in [1.165, 1.54) is 0 Å². The van der Waals surface area contributed by atoms with Crippen LogP contribution in [0.5, 0.6) is 0 Å². The molecule has 15 heavy (non-hydrogen) atoms. The van der Waals surface area contributed by atoms with E-state index < -0.39 is 0 Å². The van der Waals surface area contributed by atoms with Gasteiger partial charge in [0.05, 0.1) is 6.04 Å². The van der Waals surface area contributed by atoms with Crippen LogP contribution in [0.1, 0.15) is 19.8 Å². The molecule has 0 radical (unpaired) electrons. The van der Waals surface area contributed by atoms with E-state index in [0.717, 1.165) is 18.6 Å². The van der Waals surface area contributed by atoms with Crippen molar-refractivity contribution < 1.29 is 9.53 Å². The molecular formula is C10H22N2O2S. The predicted molar refractivity (Wildman–Crippen MR) is 65.1 cm³/mol. The molecule has 4 nitrogen and oxygen atoms in total. The van der Waals surface area contributed by atoms with Gasteiger partial charge in [-0.3, -0.25) is 4.79 Å². The van der Waals surface area contributed by atoms with Crippen LogP contribution in [0.3, 0.4) is 0 Å². The van der Waals surface area contributed by atoms with E-state index in [4.69, 9.17) is 10.5 Å². The van der Waals surface area contributed by atoms with Crippen LogP contribution < -0.4 is 11.1 Å². The number of hydrogen-bond acceptors (Lipinski definition) is 4. The predicted octanol–water partition coefficient (Wildman–Crippen LogP) is 0.608. The van der Waals surface area contributed by atoms with Gasteiger partial charge in [-0.25, -0.2) is 0 Å². The van der Waals surface area contributed by atoms with Crippen LogP contribution in [0.15, 0.2) is 0 Å². The molecule has 0 aliphatic heterocycles. The van der Waals surface area contributed by atoms with Crippen molar-refractivity contribution in [2.24, 2.45) is 5.73 Å². The van der Waals surface area contributed by atoms with Crippen LogP contribution in [0.4, 0.5) is 0 Å². The quantitative estimate of drug-likeness (QED) is 0.646. The summed E-state index contributed by atoms with van der Waals surface area (Å²) in [6, 6.07) is -0.264. The van der Waals surface area contributed by atoms with Crippen molar-refractivity contribution in [2.45, 2.75) is 31.8 Å². The van der Waals surface area contributed by atoms with Crippen molar-refractivity contribution >= 4 is 17.7 Å². The Hall–Kier alpha value is -0.260. The zero-order chi connectivity index (χ0) is 11.7. The molecule has 90 valence electrons. The van der Waals surface area contributed by atoms with Crippen molar-refractivity contribution in [3.8, 4) is 0 Å². The van der Waals surface area contributed by atoms with Gasteiger partial charge >= 0.3 is 0 Å². The monoisotopic (exact) mass is 234 g/mol. The molecular weight excluding hydrogens is 212 g/mol. The lowest BCUT2D eigenvalue weighted by Gasteiger charge is -2.16. The maximum absolute atomic E-state index is 11.5. The van der Waals surface area contributed by atoms with Gasteiger partial charge in [-0.05, 0) is 31.8 Å². The largest absolute Gasteiger partial charge is 0.385 e. The molecule has 3 N–H and O–H groups in total. The third-order valence-electron chi connectivity index (χ3n) is 2.11. The van der Waals surface area contributed by atoms with E-state index in [0.29, 0.717) is 6.61 Å². The zero-order valence-electron chi connectivity index (χ0n) is 9.79. The Morgan fingerprint density at radius 3 is 2.73 bits per heavy atom. The van der Waals surface area contributed by atoms with Gasteiger partial charge in [0.2, 0.25) is 5.91 Å². The molecule has 0 aromatic carbocycles. The average molecular weight is 234 g/mol. The molecule has 0 saturated carbocycles. The minimum atomic E-state index is -0.387. The lowest BCUT2D eigenvalue weighted by molar-refractivity contribution is -0.123. The standard InChI is InChI=1S/C10H22N2O2S/c1-8(4-6-14-2)12-10(13)9(11)5-7-15-3/h8-9H,4-7,11H2,1-3H3,(H,12,13)/t8?,9-/m1/s1. The molecule has 1 unspecified atom stereocenters. The van der Waals surface area contributed by atoms with Crippen LogP contribution in [0, 0.1) is 0 Å². The molecule has 0 spiro atoms. The second-order valence-electron chi connectivity index (χ2n) is 3.58. The van der Waals surface area contributed by atoms with Gasteiger partial charge in [0.1, 0.15) is 0 Å². The number of ether oxygens (including phenoxy) is 1. The summed E-state index contributed by atoms with van der Waals surface area (Å²) in [7, 11) is 1.65. The maximum atomic E-state index is 11.5. The topological polar surface area (TPSA) is 64.3 Å². The third-order valence-corrected chi connectivity index (χ3v) is 2.76. The summed E-state index contributed by atoms with van der Waals surface area (Å²) in [5, 5.41) is 2.87. The minimum Gasteiger partial charge on any atom is -0.385 e. The van der Waals surface area contributed by atoms with Crippen molar-refractivity contribution in [3.05, 3.63) is 0 Å². The van der Waals surface area contributed by atoms with Crippen molar-refractivity contribution in [2.75, 3.05) is 25.7 Å². The first-order valence-electron chi connectivity index (χ1n) is 5.15. The molecule has 0 aromatic rings. The van der Waals surface area contributed by atoms with Gasteiger partial charge in [-0.1, -0.05) is 0 Å². The fourth-order valence-electron chi connectivity index (χ4n) is 1.09. The highest BCUT2D eigenvalue weighted by molar-refractivity contribution is 7.98. The summed E-state index contributed by atoms with van der Waals surface area (Å²) in [6.45, 7) is 2.61. The van der Waals surface area contributed by atoms with Crippen LogP contribution in [0.25, 0.3) is 0 Å². The molecule has 0 rings (SSSR count). The molecule has 0 bridgehead atoms. The van der Waals surface area contributed by atoms with E-state index in [-0.39, 0.29) is 18.0 Å². The van der Waals surface area contributed by atoms with Crippen molar-refractivity contribution in [1.82, 2.24) is 5.32 Å². The number of hydrogen-bond donors (Lipinski definition) is 2. The van der Waals surface area contributed by atoms with E-state index >= 15 is 0 Å². The number of nitrogens with two attached hydrogens (primary N) is 1. The van der Waals surface area contributed by atoms with Gasteiger partial charge in [-0.2, -0.15) is 11.8 Å². The average Bonchev–Trinajstić information content (AvgIpc) is 2.22. The fourth-order valence-corrected chi connectivity index (χ4v) is 1.58. The first-order valence-corrected chi connectivity index (χ1v) is 6.55. The Labute approximate surface area is 96.3 Å². The van der Waals surface area contributed by atoms with Gasteiger partial charge in [0.15, 0.2) is 0 Å². The fraction of sp³-hybridized carbons (Fsp3) is 0.900. The second-order valence-corrected chi connectivity index (χ2v) is 4.56. The SMILES string of the molecule is COCCC(C)NC(=O)[C@H](N)CCSC. The Balaban J connectivity index is 3.70. The lowest BCUT2D eigenvalue weighted by atomic mass is 10.2. The Kier molecular flexibility index (Phi) is 8.85. The highest BCUT2D eigenvalue weighted by Crippen LogP contribution is 1.99. The highest BCUT2D eigenvalue weighted by Gasteiger charge is 2.14. The highest BCUT2D eigenvalue weighted by atomic mass is 32.2. The molecule has 0 aromatic heterocycles. The number of nitrogens with one attached hydrogen (secondary N) is 1. The lowest BCUT2D eigenvalue weighted by Crippen LogP contribution is -2.44. The summed E-state index contributed by atoms with van der Waals surface area (Å²) >= 11 is 1.70. The summed E-state index contributed by atoms with van der Waals surface area (Å²) in [4.78, 5) is 11.5. The maximum Gasteiger partial charge on any atom is 0.237 e. The summed E-state index contributed by atoms with van der Waals surface area (Å²) in [5.41, 5.74) is 5.72. The number of carbonyl (C=O) groups excluding carboxylic acids is 1. The zero-order valence-corrected chi connectivity index (χ0v) is 10.6. The van der Waals surface area contributed by atoms with Crippen molar-refractivity contribution in [3.63, 3.8) is 0 Å².